The first-order chi connectivity index (χ1) is 9.51. The Morgan fingerprint density at radius 2 is 2.05 bits per heavy atom. The van der Waals surface area contributed by atoms with Gasteiger partial charge in [-0.05, 0) is 37.4 Å². The molecule has 0 aliphatic heterocycles. The summed E-state index contributed by atoms with van der Waals surface area (Å²) in [5.41, 5.74) is 0.176. The molecule has 1 aromatic rings. The normalized spacial score (nSPS) is 27.0. The second-order valence-electron chi connectivity index (χ2n) is 6.13. The predicted molar refractivity (Wildman–Crippen MR) is 83.7 cm³/mol. The lowest BCUT2D eigenvalue weighted by Crippen LogP contribution is -2.52. The molecule has 0 saturated heterocycles. The highest BCUT2D eigenvalue weighted by Gasteiger charge is 2.41. The molecule has 20 heavy (non-hydrogen) atoms. The second kappa shape index (κ2) is 6.27. The van der Waals surface area contributed by atoms with Gasteiger partial charge in [0.1, 0.15) is 5.75 Å². The number of hydrogen-bond acceptors (Lipinski definition) is 3. The molecule has 0 aromatic heterocycles. The molecule has 1 aliphatic rings. The Hall–Kier alpha value is -0.870. The lowest BCUT2D eigenvalue weighted by atomic mass is 9.73. The van der Waals surface area contributed by atoms with Crippen molar-refractivity contribution in [1.29, 1.82) is 0 Å². The van der Waals surface area contributed by atoms with E-state index in [1.807, 2.05) is 31.3 Å². The summed E-state index contributed by atoms with van der Waals surface area (Å²) in [4.78, 5) is 0.818. The Morgan fingerprint density at radius 3 is 2.70 bits per heavy atom. The van der Waals surface area contributed by atoms with Gasteiger partial charge >= 0.3 is 0 Å². The Balaban J connectivity index is 2.32. The van der Waals surface area contributed by atoms with Gasteiger partial charge in [-0.15, -0.1) is 0 Å². The molecule has 3 unspecified atom stereocenters. The Bertz CT molecular complexity index is 487. The maximum atomic E-state index is 13.0. The summed E-state index contributed by atoms with van der Waals surface area (Å²) in [6, 6.07) is 7.92. The maximum Gasteiger partial charge on any atom is 0.134 e. The molecule has 3 nitrogen and oxygen atoms in total. The van der Waals surface area contributed by atoms with Crippen LogP contribution in [0.4, 0.5) is 0 Å². The van der Waals surface area contributed by atoms with Crippen LogP contribution in [0.1, 0.15) is 33.1 Å². The molecule has 2 rings (SSSR count). The molecule has 0 amide bonds. The maximum absolute atomic E-state index is 13.0. The van der Waals surface area contributed by atoms with E-state index in [1.165, 1.54) is 6.42 Å². The van der Waals surface area contributed by atoms with E-state index in [9.17, 15) is 4.21 Å². The number of methoxy groups -OCH3 is 1. The molecule has 1 N–H and O–H groups in total. The van der Waals surface area contributed by atoms with Gasteiger partial charge in [-0.25, -0.2) is 0 Å². The summed E-state index contributed by atoms with van der Waals surface area (Å²) < 4.78 is 18.4. The van der Waals surface area contributed by atoms with Gasteiger partial charge in [0.15, 0.2) is 0 Å². The van der Waals surface area contributed by atoms with Gasteiger partial charge in [-0.2, -0.15) is 0 Å². The third kappa shape index (κ3) is 2.91. The van der Waals surface area contributed by atoms with Gasteiger partial charge in [-0.1, -0.05) is 32.4 Å². The summed E-state index contributed by atoms with van der Waals surface area (Å²) in [5, 5.41) is 3.54. The van der Waals surface area contributed by atoms with Crippen molar-refractivity contribution in [1.82, 2.24) is 5.32 Å². The number of hydrogen-bond donors (Lipinski definition) is 1. The van der Waals surface area contributed by atoms with Gasteiger partial charge in [0.2, 0.25) is 0 Å². The minimum absolute atomic E-state index is 0.139. The zero-order chi connectivity index (χ0) is 14.8. The van der Waals surface area contributed by atoms with Crippen molar-refractivity contribution < 1.29 is 8.95 Å². The first kappa shape index (κ1) is 15.5. The molecule has 0 bridgehead atoms. The largest absolute Gasteiger partial charge is 0.495 e. The highest BCUT2D eigenvalue weighted by Crippen LogP contribution is 2.39. The zero-order valence-electron chi connectivity index (χ0n) is 12.8. The van der Waals surface area contributed by atoms with Crippen LogP contribution in [0, 0.1) is 5.41 Å². The zero-order valence-corrected chi connectivity index (χ0v) is 13.6. The highest BCUT2D eigenvalue weighted by atomic mass is 32.2. The van der Waals surface area contributed by atoms with E-state index in [1.54, 1.807) is 7.11 Å². The Kier molecular flexibility index (Phi) is 4.86. The second-order valence-corrected chi connectivity index (χ2v) is 7.77. The molecule has 0 radical (unpaired) electrons. The van der Waals surface area contributed by atoms with Crippen LogP contribution in [0.3, 0.4) is 0 Å². The van der Waals surface area contributed by atoms with Crippen LogP contribution < -0.4 is 10.1 Å². The summed E-state index contributed by atoms with van der Waals surface area (Å²) >= 11 is 0. The molecular formula is C16H25NO2S. The minimum atomic E-state index is -1.05. The molecular weight excluding hydrogens is 270 g/mol. The van der Waals surface area contributed by atoms with Crippen molar-refractivity contribution in [2.24, 2.45) is 5.41 Å². The van der Waals surface area contributed by atoms with E-state index in [-0.39, 0.29) is 16.7 Å². The molecule has 1 fully saturated rings. The molecule has 1 saturated carbocycles. The molecule has 1 aliphatic carbocycles. The molecule has 0 heterocycles. The third-order valence-electron chi connectivity index (χ3n) is 4.40. The summed E-state index contributed by atoms with van der Waals surface area (Å²) in [6.45, 7) is 4.53. The standard InChI is InChI=1S/C16H25NO2S/c1-16(2)11-7-10-14(15(16)17-3)20(18)13-9-6-5-8-12(13)19-4/h5-6,8-9,14-15,17H,7,10-11H2,1-4H3. The van der Waals surface area contributed by atoms with Crippen molar-refractivity contribution in [2.75, 3.05) is 14.2 Å². The fourth-order valence-electron chi connectivity index (χ4n) is 3.34. The van der Waals surface area contributed by atoms with Crippen molar-refractivity contribution >= 4 is 10.8 Å². The first-order valence-electron chi connectivity index (χ1n) is 7.22. The van der Waals surface area contributed by atoms with Crippen molar-refractivity contribution in [3.63, 3.8) is 0 Å². The Labute approximate surface area is 124 Å². The van der Waals surface area contributed by atoms with Gasteiger partial charge in [0.25, 0.3) is 0 Å². The lowest BCUT2D eigenvalue weighted by Gasteiger charge is -2.43. The fraction of sp³-hybridized carbons (Fsp3) is 0.625. The molecule has 1 aromatic carbocycles. The number of para-hydroxylation sites is 1. The van der Waals surface area contributed by atoms with Crippen LogP contribution >= 0.6 is 0 Å². The summed E-state index contributed by atoms with van der Waals surface area (Å²) in [5.74, 6) is 0.726. The quantitative estimate of drug-likeness (QED) is 0.928. The number of nitrogens with one attached hydrogen (secondary N) is 1. The van der Waals surface area contributed by atoms with E-state index in [0.717, 1.165) is 23.5 Å². The first-order valence-corrected chi connectivity index (χ1v) is 8.43. The van der Waals surface area contributed by atoms with Gasteiger partial charge in [0, 0.05) is 6.04 Å². The fourth-order valence-corrected chi connectivity index (χ4v) is 5.36. The molecule has 112 valence electrons. The van der Waals surface area contributed by atoms with Crippen LogP contribution in [0.25, 0.3) is 0 Å². The van der Waals surface area contributed by atoms with Crippen molar-refractivity contribution in [3.05, 3.63) is 24.3 Å². The Morgan fingerprint density at radius 1 is 1.35 bits per heavy atom. The lowest BCUT2D eigenvalue weighted by molar-refractivity contribution is 0.180. The van der Waals surface area contributed by atoms with Crippen LogP contribution in [0.15, 0.2) is 29.2 Å². The van der Waals surface area contributed by atoms with Gasteiger partial charge in [0.05, 0.1) is 28.1 Å². The van der Waals surface area contributed by atoms with E-state index >= 15 is 0 Å². The van der Waals surface area contributed by atoms with E-state index in [2.05, 4.69) is 19.2 Å². The minimum Gasteiger partial charge on any atom is -0.495 e. The average molecular weight is 295 g/mol. The van der Waals surface area contributed by atoms with Crippen LogP contribution in [0.5, 0.6) is 5.75 Å². The van der Waals surface area contributed by atoms with E-state index in [4.69, 9.17) is 4.74 Å². The number of rotatable bonds is 4. The van der Waals surface area contributed by atoms with Crippen LogP contribution in [0.2, 0.25) is 0 Å². The van der Waals surface area contributed by atoms with E-state index in [0.29, 0.717) is 0 Å². The summed E-state index contributed by atoms with van der Waals surface area (Å²) in [6.07, 6.45) is 3.31. The van der Waals surface area contributed by atoms with Crippen molar-refractivity contribution in [2.45, 2.75) is 49.3 Å². The molecule has 4 heteroatoms. The number of benzene rings is 1. The predicted octanol–water partition coefficient (Wildman–Crippen LogP) is 2.97. The SMILES string of the molecule is CNC1C(S(=O)c2ccccc2OC)CCCC1(C)C. The summed E-state index contributed by atoms with van der Waals surface area (Å²) in [7, 11) is 2.57. The molecule has 0 spiro atoms. The smallest absolute Gasteiger partial charge is 0.134 e. The monoisotopic (exact) mass is 295 g/mol. The third-order valence-corrected chi connectivity index (χ3v) is 6.22. The number of ether oxygens (including phenoxy) is 1. The molecule has 3 atom stereocenters. The topological polar surface area (TPSA) is 38.3 Å². The van der Waals surface area contributed by atoms with Crippen molar-refractivity contribution in [3.8, 4) is 5.75 Å². The van der Waals surface area contributed by atoms with Gasteiger partial charge < -0.3 is 10.1 Å². The highest BCUT2D eigenvalue weighted by molar-refractivity contribution is 7.85. The van der Waals surface area contributed by atoms with Crippen LogP contribution in [-0.4, -0.2) is 29.7 Å². The van der Waals surface area contributed by atoms with E-state index < -0.39 is 10.8 Å². The average Bonchev–Trinajstić information content (AvgIpc) is 2.45. The van der Waals surface area contributed by atoms with Crippen LogP contribution in [-0.2, 0) is 10.8 Å². The van der Waals surface area contributed by atoms with Gasteiger partial charge in [-0.3, -0.25) is 4.21 Å².